The molecule has 62 heavy (non-hydrogen) atoms. The summed E-state index contributed by atoms with van der Waals surface area (Å²) in [7, 11) is -2.83. The summed E-state index contributed by atoms with van der Waals surface area (Å²) in [6, 6.07) is 21.5. The summed E-state index contributed by atoms with van der Waals surface area (Å²) >= 11 is 0. The van der Waals surface area contributed by atoms with Gasteiger partial charge in [-0.2, -0.15) is 4.58 Å². The van der Waals surface area contributed by atoms with Crippen molar-refractivity contribution in [1.29, 1.82) is 0 Å². The lowest BCUT2D eigenvalue weighted by Gasteiger charge is -2.27. The topological polar surface area (TPSA) is 174 Å². The summed E-state index contributed by atoms with van der Waals surface area (Å²) in [6.07, 6.45) is 12.9. The molecule has 3 aromatic carbocycles. The first-order valence-electron chi connectivity index (χ1n) is 21.4. The fraction of sp³-hybridized carbons (Fsp3) is 0.417. The van der Waals surface area contributed by atoms with Crippen LogP contribution in [0.3, 0.4) is 0 Å². The predicted octanol–water partition coefficient (Wildman–Crippen LogP) is 7.92. The minimum Gasteiger partial charge on any atom is -0.404 e. The number of hydrogen-bond donors (Lipinski definition) is 5. The number of alkyl halides is 1. The summed E-state index contributed by atoms with van der Waals surface area (Å²) in [4.78, 5) is 58.0. The highest BCUT2D eigenvalue weighted by molar-refractivity contribution is 7.46. The number of fused-ring (bicyclic) bond motifs is 2. The van der Waals surface area contributed by atoms with Crippen LogP contribution in [0.25, 0.3) is 0 Å². The van der Waals surface area contributed by atoms with Gasteiger partial charge in [-0.25, -0.2) is 8.96 Å². The lowest BCUT2D eigenvalue weighted by atomic mass is 9.81. The fourth-order valence-electron chi connectivity index (χ4n) is 8.35. The number of phosphoric ester groups is 1. The largest absolute Gasteiger partial charge is 0.524 e. The van der Waals surface area contributed by atoms with Crippen LogP contribution in [0.2, 0.25) is 0 Å². The van der Waals surface area contributed by atoms with E-state index in [1.807, 2.05) is 0 Å². The number of halogens is 1. The number of ketones is 1. The molecule has 3 aromatic rings. The number of anilines is 1. The zero-order chi connectivity index (χ0) is 45.1. The molecule has 12 nitrogen and oxygen atoms in total. The molecule has 2 heterocycles. The molecule has 0 radical (unpaired) electrons. The van der Waals surface area contributed by atoms with Crippen LogP contribution >= 0.6 is 7.82 Å². The number of benzene rings is 3. The molecule has 2 amide bonds. The second-order valence-electron chi connectivity index (χ2n) is 16.9. The number of rotatable bonds is 22. The van der Waals surface area contributed by atoms with E-state index in [1.54, 1.807) is 0 Å². The van der Waals surface area contributed by atoms with E-state index in [-0.39, 0.29) is 35.3 Å². The number of amides is 2. The number of nitrogens with one attached hydrogen (secondary N) is 2. The molecule has 332 valence electrons. The lowest BCUT2D eigenvalue weighted by Crippen LogP contribution is -2.41. The number of para-hydroxylation sites is 3. The zero-order valence-electron chi connectivity index (χ0n) is 36.5. The van der Waals surface area contributed by atoms with Crippen LogP contribution in [-0.4, -0.2) is 70.4 Å². The van der Waals surface area contributed by atoms with Gasteiger partial charge in [-0.05, 0) is 69.7 Å². The van der Waals surface area contributed by atoms with E-state index in [1.165, 1.54) is 52.1 Å². The maximum absolute atomic E-state index is 14.9. The van der Waals surface area contributed by atoms with Gasteiger partial charge < -0.3 is 25.8 Å². The highest BCUT2D eigenvalue weighted by Gasteiger charge is 2.42. The van der Waals surface area contributed by atoms with E-state index in [9.17, 15) is 23.3 Å². The summed E-state index contributed by atoms with van der Waals surface area (Å²) < 4.78 is 32.8. The van der Waals surface area contributed by atoms with Crippen LogP contribution in [0.5, 0.6) is 5.75 Å². The molecule has 2 atom stereocenters. The number of phosphoric acid groups is 1. The molecule has 2 aliphatic rings. The quantitative estimate of drug-likeness (QED) is 0.0291. The first-order chi connectivity index (χ1) is 29.4. The maximum Gasteiger partial charge on any atom is 0.524 e. The van der Waals surface area contributed by atoms with Crippen LogP contribution in [0.15, 0.2) is 109 Å². The van der Waals surface area contributed by atoms with Gasteiger partial charge in [-0.15, -0.1) is 0 Å². The molecular formula is C48H62FN5O7P+. The normalized spacial score (nSPS) is 17.0. The average molecular weight is 871 g/mol. The van der Waals surface area contributed by atoms with Crippen molar-refractivity contribution >= 4 is 42.5 Å². The van der Waals surface area contributed by atoms with Crippen molar-refractivity contribution in [1.82, 2.24) is 10.6 Å². The second kappa shape index (κ2) is 21.3. The number of nitrogens with two attached hydrogens (primary N) is 1. The van der Waals surface area contributed by atoms with Crippen molar-refractivity contribution in [2.75, 3.05) is 31.6 Å². The van der Waals surface area contributed by atoms with Crippen molar-refractivity contribution in [3.8, 4) is 5.75 Å². The first-order valence-corrected chi connectivity index (χ1v) is 22.9. The number of unbranched alkanes of at least 4 members (excludes halogenated alkanes) is 3. The van der Waals surface area contributed by atoms with E-state index in [4.69, 9.17) is 15.5 Å². The van der Waals surface area contributed by atoms with Gasteiger partial charge in [0.1, 0.15) is 12.8 Å². The monoisotopic (exact) mass is 870 g/mol. The predicted molar refractivity (Wildman–Crippen MR) is 242 cm³/mol. The minimum absolute atomic E-state index is 0.0144. The summed E-state index contributed by atoms with van der Waals surface area (Å²) in [5, 5.41) is 5.49. The van der Waals surface area contributed by atoms with E-state index in [0.29, 0.717) is 32.2 Å². The van der Waals surface area contributed by atoms with Crippen LogP contribution in [0.1, 0.15) is 102 Å². The molecule has 14 heteroatoms. The van der Waals surface area contributed by atoms with Crippen molar-refractivity contribution in [3.63, 3.8) is 0 Å². The van der Waals surface area contributed by atoms with E-state index < -0.39 is 37.5 Å². The summed E-state index contributed by atoms with van der Waals surface area (Å²) in [5.41, 5.74) is 13.1. The molecule has 0 saturated carbocycles. The Balaban J connectivity index is 0.987. The SMILES string of the molecule is C[N+]1=C(C=CC=CC=C2N(CCCCCC(=O)NCCCCC(N)C(=O)NCCC(=O)C(F)c3ccccc3OP(=O)(O)O)c3ccccc3C2(C)C)C(C)(C)c2ccccc21. The smallest absolute Gasteiger partial charge is 0.404 e. The molecule has 0 bridgehead atoms. The summed E-state index contributed by atoms with van der Waals surface area (Å²) in [6.45, 7) is 10.2. The number of allylic oxidation sites excluding steroid dienone is 6. The molecule has 0 fully saturated rings. The number of carbonyl (C=O) groups is 3. The lowest BCUT2D eigenvalue weighted by molar-refractivity contribution is -0.401. The Bertz CT molecular complexity index is 2260. The highest BCUT2D eigenvalue weighted by atomic mass is 31.2. The molecule has 6 N–H and O–H groups in total. The standard InChI is InChI=1S/C48H61FN5O7P/c1-47(2)35-21-12-14-24-38(35)53(5)42(47)27-8-6-9-28-43-48(3,4)36-22-13-15-25-39(36)54(43)33-19-7-10-29-44(56)51-31-18-17-23-37(50)46(57)52-32-30-40(55)45(49)34-20-11-16-26-41(34)61-62(58,59)60/h6,8-9,11-16,20-22,24-28,37,45H,7,10,17-19,23,29-33,50H2,1-5H3,(H3-,51,52,56,57,58,59,60)/p+1. The molecule has 0 aliphatic carbocycles. The van der Waals surface area contributed by atoms with Crippen molar-refractivity contribution in [3.05, 3.63) is 126 Å². The Morgan fingerprint density at radius 1 is 0.839 bits per heavy atom. The maximum atomic E-state index is 14.9. The first kappa shape index (κ1) is 47.8. The molecule has 0 aromatic heterocycles. The summed E-state index contributed by atoms with van der Waals surface area (Å²) in [5.74, 6) is -1.83. The van der Waals surface area contributed by atoms with Gasteiger partial charge in [-0.1, -0.05) is 93.1 Å². The molecule has 2 aliphatic heterocycles. The molecule has 5 rings (SSSR count). The van der Waals surface area contributed by atoms with E-state index in [2.05, 4.69) is 138 Å². The molecule has 0 spiro atoms. The average Bonchev–Trinajstić information content (AvgIpc) is 3.56. The number of Topliss-reactive ketones (excluding diaryl/α,β-unsaturated/α-hetero) is 1. The van der Waals surface area contributed by atoms with Gasteiger partial charge in [0.25, 0.3) is 0 Å². The zero-order valence-corrected chi connectivity index (χ0v) is 37.4. The number of carbonyl (C=O) groups excluding carboxylic acids is 3. The fourth-order valence-corrected chi connectivity index (χ4v) is 8.77. The van der Waals surface area contributed by atoms with E-state index >= 15 is 0 Å². The second-order valence-corrected chi connectivity index (χ2v) is 18.1. The van der Waals surface area contributed by atoms with Crippen LogP contribution in [-0.2, 0) is 29.8 Å². The van der Waals surface area contributed by atoms with Crippen LogP contribution in [0.4, 0.5) is 15.8 Å². The van der Waals surface area contributed by atoms with Gasteiger partial charge in [0.05, 0.1) is 11.5 Å². The Kier molecular flexibility index (Phi) is 16.4. The van der Waals surface area contributed by atoms with Gasteiger partial charge in [0, 0.05) is 72.5 Å². The van der Waals surface area contributed by atoms with E-state index in [0.717, 1.165) is 31.9 Å². The Hall–Kier alpha value is -5.20. The van der Waals surface area contributed by atoms with Gasteiger partial charge >= 0.3 is 7.82 Å². The number of nitrogens with zero attached hydrogens (tertiary/aromatic N) is 2. The Morgan fingerprint density at radius 3 is 2.27 bits per heavy atom. The van der Waals surface area contributed by atoms with Crippen LogP contribution in [0, 0.1) is 0 Å². The Labute approximate surface area is 365 Å². The Morgan fingerprint density at radius 2 is 1.53 bits per heavy atom. The molecule has 2 unspecified atom stereocenters. The number of hydrogen-bond acceptors (Lipinski definition) is 7. The van der Waals surface area contributed by atoms with Gasteiger partial charge in [-0.3, -0.25) is 24.2 Å². The molecular weight excluding hydrogens is 809 g/mol. The third kappa shape index (κ3) is 12.0. The van der Waals surface area contributed by atoms with Crippen molar-refractivity contribution in [2.24, 2.45) is 5.73 Å². The third-order valence-electron chi connectivity index (χ3n) is 11.7. The van der Waals surface area contributed by atoms with Crippen molar-refractivity contribution < 1.29 is 42.2 Å². The van der Waals surface area contributed by atoms with Crippen LogP contribution < -0.4 is 25.8 Å². The van der Waals surface area contributed by atoms with Gasteiger partial charge in [0.15, 0.2) is 17.7 Å². The minimum atomic E-state index is -4.96. The highest BCUT2D eigenvalue weighted by Crippen LogP contribution is 2.48. The van der Waals surface area contributed by atoms with Crippen molar-refractivity contribution in [2.45, 2.75) is 102 Å². The third-order valence-corrected chi connectivity index (χ3v) is 12.2. The van der Waals surface area contributed by atoms with Gasteiger partial charge in [0.2, 0.25) is 17.5 Å². The molecule has 0 saturated heterocycles.